The first-order valence-corrected chi connectivity index (χ1v) is 12.0. The van der Waals surface area contributed by atoms with Crippen molar-refractivity contribution in [2.45, 2.75) is 56.1 Å². The lowest BCUT2D eigenvalue weighted by molar-refractivity contribution is -0.140. The van der Waals surface area contributed by atoms with Crippen molar-refractivity contribution in [2.24, 2.45) is 0 Å². The van der Waals surface area contributed by atoms with Gasteiger partial charge in [0.25, 0.3) is 0 Å². The third-order valence-corrected chi connectivity index (χ3v) is 6.98. The molecule has 172 valence electrons. The summed E-state index contributed by atoms with van der Waals surface area (Å²) in [5.41, 5.74) is 1.53. The standard InChI is InChI=1S/C23H28FN3O4S/c1-16(23(29)25-2)27(15-18-3-8-19(24)9-4-18)22(28)14-7-17-5-12-21(13-6-17)32(30,31)26-20-10-11-20/h3-6,8-9,12-13,16,20,26H,7,10-11,14-15H2,1-2H3,(H,25,29)/t16-/m1/s1. The van der Waals surface area contributed by atoms with Gasteiger partial charge in [-0.1, -0.05) is 24.3 Å². The molecule has 0 bridgehead atoms. The van der Waals surface area contributed by atoms with Crippen molar-refractivity contribution in [3.05, 3.63) is 65.5 Å². The molecule has 1 fully saturated rings. The molecule has 2 aromatic rings. The van der Waals surface area contributed by atoms with Gasteiger partial charge < -0.3 is 10.2 Å². The van der Waals surface area contributed by atoms with E-state index in [0.29, 0.717) is 12.0 Å². The number of hydrogen-bond acceptors (Lipinski definition) is 4. The zero-order valence-corrected chi connectivity index (χ0v) is 19.0. The monoisotopic (exact) mass is 461 g/mol. The van der Waals surface area contributed by atoms with Gasteiger partial charge >= 0.3 is 0 Å². The predicted octanol–water partition coefficient (Wildman–Crippen LogP) is 2.36. The predicted molar refractivity (Wildman–Crippen MR) is 119 cm³/mol. The van der Waals surface area contributed by atoms with Crippen LogP contribution in [0.2, 0.25) is 0 Å². The number of nitrogens with zero attached hydrogens (tertiary/aromatic N) is 1. The summed E-state index contributed by atoms with van der Waals surface area (Å²) in [7, 11) is -2.01. The average molecular weight is 462 g/mol. The number of nitrogens with one attached hydrogen (secondary N) is 2. The van der Waals surface area contributed by atoms with Crippen molar-refractivity contribution in [3.8, 4) is 0 Å². The fraction of sp³-hybridized carbons (Fsp3) is 0.391. The Morgan fingerprint density at radius 3 is 2.22 bits per heavy atom. The number of sulfonamides is 1. The number of carbonyl (C=O) groups is 2. The topological polar surface area (TPSA) is 95.6 Å². The van der Waals surface area contributed by atoms with Gasteiger partial charge in [0.1, 0.15) is 11.9 Å². The summed E-state index contributed by atoms with van der Waals surface area (Å²) >= 11 is 0. The van der Waals surface area contributed by atoms with E-state index in [1.807, 2.05) is 0 Å². The lowest BCUT2D eigenvalue weighted by Gasteiger charge is -2.28. The summed E-state index contributed by atoms with van der Waals surface area (Å²) in [4.78, 5) is 26.8. The highest BCUT2D eigenvalue weighted by molar-refractivity contribution is 7.89. The van der Waals surface area contributed by atoms with Gasteiger partial charge in [-0.2, -0.15) is 0 Å². The SMILES string of the molecule is CNC(=O)[C@@H](C)N(Cc1ccc(F)cc1)C(=O)CCc1ccc(S(=O)(=O)NC2CC2)cc1. The number of halogens is 1. The van der Waals surface area contributed by atoms with Crippen LogP contribution in [0.5, 0.6) is 0 Å². The van der Waals surface area contributed by atoms with Gasteiger partial charge in [-0.05, 0) is 61.6 Å². The van der Waals surface area contributed by atoms with Gasteiger partial charge in [-0.15, -0.1) is 0 Å². The van der Waals surface area contributed by atoms with Crippen LogP contribution < -0.4 is 10.0 Å². The first-order valence-electron chi connectivity index (χ1n) is 10.6. The molecule has 0 aliphatic heterocycles. The largest absolute Gasteiger partial charge is 0.357 e. The maximum absolute atomic E-state index is 13.2. The van der Waals surface area contributed by atoms with E-state index in [-0.39, 0.29) is 41.5 Å². The molecule has 0 spiro atoms. The Bertz CT molecular complexity index is 1050. The first-order chi connectivity index (χ1) is 15.2. The van der Waals surface area contributed by atoms with Crippen LogP contribution in [0.1, 0.15) is 37.3 Å². The maximum atomic E-state index is 13.2. The Morgan fingerprint density at radius 1 is 1.06 bits per heavy atom. The molecule has 32 heavy (non-hydrogen) atoms. The van der Waals surface area contributed by atoms with Crippen LogP contribution in [-0.2, 0) is 32.6 Å². The molecule has 0 saturated heterocycles. The number of benzene rings is 2. The summed E-state index contributed by atoms with van der Waals surface area (Å²) < 4.78 is 40.4. The van der Waals surface area contributed by atoms with Crippen LogP contribution in [-0.4, -0.2) is 44.3 Å². The minimum atomic E-state index is -3.52. The molecule has 7 nitrogen and oxygen atoms in total. The molecule has 2 amide bonds. The van der Waals surface area contributed by atoms with Crippen LogP contribution >= 0.6 is 0 Å². The van der Waals surface area contributed by atoms with Gasteiger partial charge in [-0.25, -0.2) is 17.5 Å². The Balaban J connectivity index is 1.65. The molecule has 2 N–H and O–H groups in total. The molecule has 1 aliphatic rings. The second kappa shape index (κ2) is 10.2. The smallest absolute Gasteiger partial charge is 0.242 e. The molecule has 3 rings (SSSR count). The Labute approximate surface area is 188 Å². The van der Waals surface area contributed by atoms with Crippen molar-refractivity contribution in [1.82, 2.24) is 14.9 Å². The van der Waals surface area contributed by atoms with Gasteiger partial charge in [-0.3, -0.25) is 9.59 Å². The van der Waals surface area contributed by atoms with E-state index in [1.165, 1.54) is 36.2 Å². The molecule has 0 unspecified atom stereocenters. The Hall–Kier alpha value is -2.78. The fourth-order valence-electron chi connectivity index (χ4n) is 3.30. The average Bonchev–Trinajstić information content (AvgIpc) is 3.59. The van der Waals surface area contributed by atoms with Gasteiger partial charge in [0.15, 0.2) is 0 Å². The second-order valence-electron chi connectivity index (χ2n) is 7.98. The molecule has 9 heteroatoms. The number of likely N-dealkylation sites (N-methyl/N-ethyl adjacent to an activating group) is 1. The number of rotatable bonds is 10. The molecular formula is C23H28FN3O4S. The molecule has 0 heterocycles. The van der Waals surface area contributed by atoms with E-state index in [0.717, 1.165) is 18.4 Å². The Kier molecular flexibility index (Phi) is 7.63. The highest BCUT2D eigenvalue weighted by atomic mass is 32.2. The van der Waals surface area contributed by atoms with Gasteiger partial charge in [0.05, 0.1) is 4.90 Å². The van der Waals surface area contributed by atoms with Crippen molar-refractivity contribution in [3.63, 3.8) is 0 Å². The van der Waals surface area contributed by atoms with Crippen LogP contribution in [0, 0.1) is 5.82 Å². The molecule has 2 aromatic carbocycles. The normalized spacial score (nSPS) is 14.6. The third-order valence-electron chi connectivity index (χ3n) is 5.44. The quantitative estimate of drug-likeness (QED) is 0.568. The van der Waals surface area contributed by atoms with Crippen molar-refractivity contribution in [1.29, 1.82) is 0 Å². The summed E-state index contributed by atoms with van der Waals surface area (Å²) in [6.45, 7) is 1.82. The lowest BCUT2D eigenvalue weighted by atomic mass is 10.1. The maximum Gasteiger partial charge on any atom is 0.242 e. The summed E-state index contributed by atoms with van der Waals surface area (Å²) in [5.74, 6) is -0.889. The molecule has 0 aromatic heterocycles. The molecule has 1 atom stereocenters. The van der Waals surface area contributed by atoms with Crippen LogP contribution in [0.25, 0.3) is 0 Å². The highest BCUT2D eigenvalue weighted by Gasteiger charge is 2.28. The first kappa shape index (κ1) is 23.9. The molecule has 1 saturated carbocycles. The van der Waals surface area contributed by atoms with E-state index in [9.17, 15) is 22.4 Å². The lowest BCUT2D eigenvalue weighted by Crippen LogP contribution is -2.46. The number of amides is 2. The van der Waals surface area contributed by atoms with E-state index in [4.69, 9.17) is 0 Å². The number of aryl methyl sites for hydroxylation is 1. The summed E-state index contributed by atoms with van der Waals surface area (Å²) in [5, 5.41) is 2.55. The van der Waals surface area contributed by atoms with E-state index < -0.39 is 16.1 Å². The van der Waals surface area contributed by atoms with Crippen molar-refractivity contribution in [2.75, 3.05) is 7.05 Å². The minimum absolute atomic E-state index is 0.0340. The minimum Gasteiger partial charge on any atom is -0.357 e. The van der Waals surface area contributed by atoms with Gasteiger partial charge in [0, 0.05) is 26.1 Å². The molecule has 1 aliphatic carbocycles. The van der Waals surface area contributed by atoms with E-state index >= 15 is 0 Å². The zero-order valence-electron chi connectivity index (χ0n) is 18.2. The number of carbonyl (C=O) groups excluding carboxylic acids is 2. The molecular weight excluding hydrogens is 433 g/mol. The molecule has 0 radical (unpaired) electrons. The fourth-order valence-corrected chi connectivity index (χ4v) is 4.60. The zero-order chi connectivity index (χ0) is 23.3. The second-order valence-corrected chi connectivity index (χ2v) is 9.69. The third kappa shape index (κ3) is 6.37. The van der Waals surface area contributed by atoms with Crippen LogP contribution in [0.3, 0.4) is 0 Å². The van der Waals surface area contributed by atoms with E-state index in [1.54, 1.807) is 31.2 Å². The highest BCUT2D eigenvalue weighted by Crippen LogP contribution is 2.22. The van der Waals surface area contributed by atoms with E-state index in [2.05, 4.69) is 10.0 Å². The van der Waals surface area contributed by atoms with Crippen molar-refractivity contribution < 1.29 is 22.4 Å². The summed E-state index contributed by atoms with van der Waals surface area (Å²) in [6.07, 6.45) is 2.27. The van der Waals surface area contributed by atoms with Crippen molar-refractivity contribution >= 4 is 21.8 Å². The van der Waals surface area contributed by atoms with Gasteiger partial charge in [0.2, 0.25) is 21.8 Å². The van der Waals surface area contributed by atoms with Crippen LogP contribution in [0.4, 0.5) is 4.39 Å². The summed E-state index contributed by atoms with van der Waals surface area (Å²) in [6, 6.07) is 11.6. The van der Waals surface area contributed by atoms with Crippen LogP contribution in [0.15, 0.2) is 53.4 Å². The Morgan fingerprint density at radius 2 is 1.66 bits per heavy atom. The number of hydrogen-bond donors (Lipinski definition) is 2.